The zero-order chi connectivity index (χ0) is 29.0. The third-order valence-corrected chi connectivity index (χ3v) is 7.66. The second kappa shape index (κ2) is 12.5. The third kappa shape index (κ3) is 7.25. The number of hydrogen-bond donors (Lipinski definition) is 4. The second-order valence-corrected chi connectivity index (χ2v) is 11.4. The maximum absolute atomic E-state index is 12.8. The summed E-state index contributed by atoms with van der Waals surface area (Å²) >= 11 is 0. The van der Waals surface area contributed by atoms with Crippen molar-refractivity contribution in [3.63, 3.8) is 0 Å². The molecular formula is C28H42N8O4. The molecule has 1 aromatic heterocycles. The van der Waals surface area contributed by atoms with Gasteiger partial charge in [0.15, 0.2) is 0 Å². The summed E-state index contributed by atoms with van der Waals surface area (Å²) in [5, 5.41) is 12.8. The van der Waals surface area contributed by atoms with E-state index in [-0.39, 0.29) is 35.9 Å². The van der Waals surface area contributed by atoms with E-state index in [9.17, 15) is 19.5 Å². The van der Waals surface area contributed by atoms with Gasteiger partial charge in [0.2, 0.25) is 5.91 Å². The number of aliphatic hydroxyl groups is 1. The minimum absolute atomic E-state index is 0.0159. The number of aliphatic hydroxyl groups excluding tert-OH is 1. The number of carbonyl (C=O) groups is 2. The zero-order valence-electron chi connectivity index (χ0n) is 23.6. The quantitative estimate of drug-likeness (QED) is 0.389. The highest BCUT2D eigenvalue weighted by atomic mass is 16.3. The van der Waals surface area contributed by atoms with E-state index in [1.54, 1.807) is 35.9 Å². The van der Waals surface area contributed by atoms with Crippen molar-refractivity contribution in [2.75, 3.05) is 38.0 Å². The van der Waals surface area contributed by atoms with Crippen LogP contribution < -0.4 is 22.5 Å². The van der Waals surface area contributed by atoms with Crippen molar-refractivity contribution in [1.82, 2.24) is 24.3 Å². The lowest BCUT2D eigenvalue weighted by Gasteiger charge is -2.38. The van der Waals surface area contributed by atoms with E-state index in [2.05, 4.69) is 22.1 Å². The molecule has 0 bridgehead atoms. The minimum Gasteiger partial charge on any atom is -0.393 e. The molecule has 1 aliphatic heterocycles. The van der Waals surface area contributed by atoms with Gasteiger partial charge in [0.1, 0.15) is 5.82 Å². The monoisotopic (exact) mass is 554 g/mol. The Kier molecular flexibility index (Phi) is 9.24. The molecule has 1 aromatic carbocycles. The van der Waals surface area contributed by atoms with E-state index in [0.717, 1.165) is 31.5 Å². The Morgan fingerprint density at radius 3 is 2.30 bits per heavy atom. The number of nitrogens with one attached hydrogen (secondary N) is 1. The first-order valence-electron chi connectivity index (χ1n) is 14.0. The van der Waals surface area contributed by atoms with Crippen LogP contribution in [0.4, 0.5) is 10.6 Å². The van der Waals surface area contributed by atoms with Crippen molar-refractivity contribution in [1.29, 1.82) is 0 Å². The van der Waals surface area contributed by atoms with Crippen LogP contribution in [0.15, 0.2) is 41.3 Å². The molecule has 3 amide bonds. The van der Waals surface area contributed by atoms with Gasteiger partial charge in [-0.05, 0) is 63.4 Å². The molecule has 12 heteroatoms. The summed E-state index contributed by atoms with van der Waals surface area (Å²) in [6.07, 6.45) is 3.48. The predicted molar refractivity (Wildman–Crippen MR) is 153 cm³/mol. The molecule has 4 rings (SSSR count). The maximum Gasteiger partial charge on any atom is 0.354 e. The Morgan fingerprint density at radius 2 is 1.73 bits per heavy atom. The van der Waals surface area contributed by atoms with E-state index >= 15 is 0 Å². The van der Waals surface area contributed by atoms with Gasteiger partial charge >= 0.3 is 11.7 Å². The highest BCUT2D eigenvalue weighted by Crippen LogP contribution is 2.24. The van der Waals surface area contributed by atoms with Gasteiger partial charge in [-0.2, -0.15) is 4.98 Å². The molecule has 40 heavy (non-hydrogen) atoms. The average molecular weight is 555 g/mol. The molecule has 3 atom stereocenters. The fraction of sp³-hybridized carbons (Fsp3) is 0.571. The van der Waals surface area contributed by atoms with Crippen LogP contribution in [-0.2, 0) is 11.3 Å². The fourth-order valence-corrected chi connectivity index (χ4v) is 5.47. The Labute approximate surface area is 234 Å². The first kappa shape index (κ1) is 29.7. The van der Waals surface area contributed by atoms with Crippen LogP contribution >= 0.6 is 0 Å². The van der Waals surface area contributed by atoms with Crippen LogP contribution in [0.3, 0.4) is 0 Å². The Balaban J connectivity index is 1.34. The van der Waals surface area contributed by atoms with Gasteiger partial charge in [0.25, 0.3) is 0 Å². The zero-order valence-corrected chi connectivity index (χ0v) is 23.6. The lowest BCUT2D eigenvalue weighted by atomic mass is 9.88. The van der Waals surface area contributed by atoms with Crippen LogP contribution in [0.25, 0.3) is 5.69 Å². The number of amides is 3. The van der Waals surface area contributed by atoms with Gasteiger partial charge in [-0.25, -0.2) is 9.59 Å². The lowest BCUT2D eigenvalue weighted by Crippen LogP contribution is -2.58. The van der Waals surface area contributed by atoms with Gasteiger partial charge in [0, 0.05) is 51.0 Å². The molecule has 2 aromatic rings. The van der Waals surface area contributed by atoms with Crippen LogP contribution in [0.5, 0.6) is 0 Å². The molecule has 1 saturated heterocycles. The highest BCUT2D eigenvalue weighted by molar-refractivity contribution is 5.89. The Hall–Kier alpha value is -3.32. The highest BCUT2D eigenvalue weighted by Gasteiger charge is 2.32. The summed E-state index contributed by atoms with van der Waals surface area (Å²) in [7, 11) is 0. The van der Waals surface area contributed by atoms with Crippen LogP contribution in [-0.4, -0.2) is 97.7 Å². The summed E-state index contributed by atoms with van der Waals surface area (Å²) in [5.74, 6) is 0.0123. The molecule has 2 aliphatic rings. The second-order valence-electron chi connectivity index (χ2n) is 11.4. The van der Waals surface area contributed by atoms with Crippen molar-refractivity contribution >= 4 is 17.8 Å². The number of urea groups is 1. The Morgan fingerprint density at radius 1 is 1.07 bits per heavy atom. The number of hydrogen-bond acceptors (Lipinski definition) is 8. The molecule has 0 radical (unpaired) electrons. The van der Waals surface area contributed by atoms with Crippen molar-refractivity contribution in [2.45, 2.75) is 70.3 Å². The molecule has 1 aliphatic carbocycles. The van der Waals surface area contributed by atoms with Crippen molar-refractivity contribution < 1.29 is 14.7 Å². The smallest absolute Gasteiger partial charge is 0.354 e. The molecule has 2 fully saturated rings. The van der Waals surface area contributed by atoms with Gasteiger partial charge in [-0.3, -0.25) is 19.6 Å². The summed E-state index contributed by atoms with van der Waals surface area (Å²) in [6, 6.07) is 9.17. The van der Waals surface area contributed by atoms with Crippen molar-refractivity contribution in [2.24, 2.45) is 11.5 Å². The molecule has 1 saturated carbocycles. The predicted octanol–water partition coefficient (Wildman–Crippen LogP) is 0.709. The van der Waals surface area contributed by atoms with Crippen LogP contribution in [0.2, 0.25) is 0 Å². The molecule has 0 spiro atoms. The van der Waals surface area contributed by atoms with Crippen LogP contribution in [0.1, 0.15) is 45.6 Å². The molecule has 2 heterocycles. The maximum atomic E-state index is 12.8. The molecular weight excluding hydrogens is 512 g/mol. The van der Waals surface area contributed by atoms with Gasteiger partial charge in [-0.15, -0.1) is 0 Å². The molecule has 6 N–H and O–H groups in total. The standard InChI is InChI=1S/C28H42N8O4/c1-4-33(22-15-20(29)16-23(37)17-22)18-19-5-7-21(8-6-19)36-10-9-24(32-27(36)40)31-26(39)35-13-11-34(12-14-35)25(38)28(2,3)30/h5-10,20,22-23,37H,4,11-18,29-30H2,1-3H3,(H,31,32,39,40). The number of anilines is 1. The number of piperazine rings is 1. The summed E-state index contributed by atoms with van der Waals surface area (Å²) in [4.78, 5) is 47.5. The first-order chi connectivity index (χ1) is 18.9. The summed E-state index contributed by atoms with van der Waals surface area (Å²) in [5.41, 5.74) is 12.3. The van der Waals surface area contributed by atoms with Crippen molar-refractivity contribution in [3.05, 3.63) is 52.6 Å². The van der Waals surface area contributed by atoms with E-state index in [4.69, 9.17) is 11.5 Å². The van der Waals surface area contributed by atoms with Crippen LogP contribution in [0, 0.1) is 0 Å². The third-order valence-electron chi connectivity index (χ3n) is 7.66. The largest absolute Gasteiger partial charge is 0.393 e. The number of benzene rings is 1. The minimum atomic E-state index is -0.956. The first-order valence-corrected chi connectivity index (χ1v) is 14.0. The number of nitrogens with two attached hydrogens (primary N) is 2. The fourth-order valence-electron chi connectivity index (χ4n) is 5.47. The van der Waals surface area contributed by atoms with E-state index in [1.165, 1.54) is 4.57 Å². The van der Waals surface area contributed by atoms with E-state index in [1.807, 2.05) is 24.3 Å². The number of aromatic nitrogens is 2. The normalized spacial score (nSPS) is 21.9. The topological polar surface area (TPSA) is 163 Å². The summed E-state index contributed by atoms with van der Waals surface area (Å²) < 4.78 is 1.42. The lowest BCUT2D eigenvalue weighted by molar-refractivity contribution is -0.137. The number of nitrogens with zero attached hydrogens (tertiary/aromatic N) is 5. The SMILES string of the molecule is CCN(Cc1ccc(-n2ccc(NC(=O)N3CCN(C(=O)C(C)(C)N)CC3)nc2=O)cc1)C1CC(N)CC(O)C1. The molecule has 218 valence electrons. The van der Waals surface area contributed by atoms with Crippen molar-refractivity contribution in [3.8, 4) is 5.69 Å². The van der Waals surface area contributed by atoms with Gasteiger partial charge < -0.3 is 26.4 Å². The van der Waals surface area contributed by atoms with E-state index in [0.29, 0.717) is 38.3 Å². The summed E-state index contributed by atoms with van der Waals surface area (Å²) in [6.45, 7) is 8.52. The Bertz CT molecular complexity index is 1220. The molecule has 3 unspecified atom stereocenters. The number of carbonyl (C=O) groups excluding carboxylic acids is 2. The number of rotatable bonds is 7. The molecule has 12 nitrogen and oxygen atoms in total. The average Bonchev–Trinajstić information content (AvgIpc) is 2.91. The van der Waals surface area contributed by atoms with Gasteiger partial charge in [0.05, 0.1) is 17.3 Å². The van der Waals surface area contributed by atoms with Gasteiger partial charge in [-0.1, -0.05) is 19.1 Å². The van der Waals surface area contributed by atoms with E-state index < -0.39 is 11.2 Å².